The summed E-state index contributed by atoms with van der Waals surface area (Å²) in [5, 5.41) is 32.4. The Labute approximate surface area is 555 Å². The summed E-state index contributed by atoms with van der Waals surface area (Å²) in [6, 6.07) is 87.7. The van der Waals surface area contributed by atoms with Gasteiger partial charge in [-0.3, -0.25) is 0 Å². The molecule has 8 aromatic carbocycles. The first-order valence-electron chi connectivity index (χ1n) is 21.0. The summed E-state index contributed by atoms with van der Waals surface area (Å²) >= 11 is 6.35. The number of alkyl halides is 2. The normalized spacial score (nSPS) is 10.1. The van der Waals surface area contributed by atoms with Gasteiger partial charge in [-0.1, -0.05) is 191 Å². The summed E-state index contributed by atoms with van der Waals surface area (Å²) in [6.45, 7) is 3.90. The Balaban J connectivity index is -0.000000174. The molecule has 0 aromatic heterocycles. The molecule has 0 heterocycles. The molecule has 0 saturated carbocycles. The van der Waals surface area contributed by atoms with Crippen molar-refractivity contribution in [1.29, 1.82) is 0 Å². The number of rotatable bonds is 12. The topological polar surface area (TPSA) is 46.1 Å². The van der Waals surface area contributed by atoms with Crippen molar-refractivity contribution in [2.45, 2.75) is 13.8 Å². The first-order chi connectivity index (χ1) is 30.5. The summed E-state index contributed by atoms with van der Waals surface area (Å²) in [6.07, 6.45) is 0. The molecule has 0 aliphatic heterocycles. The predicted octanol–water partition coefficient (Wildman–Crippen LogP) is 9.34. The molecule has 0 amide bonds. The van der Waals surface area contributed by atoms with Gasteiger partial charge in [0.2, 0.25) is 0 Å². The Bertz CT molecular complexity index is 1910. The molecule has 0 aliphatic rings. The van der Waals surface area contributed by atoms with Gasteiger partial charge in [-0.05, 0) is 109 Å². The van der Waals surface area contributed by atoms with Crippen LogP contribution in [0.15, 0.2) is 243 Å². The maximum Gasteiger partial charge on any atom is 0.144 e. The van der Waals surface area contributed by atoms with E-state index in [-0.39, 0.29) is 184 Å². The van der Waals surface area contributed by atoms with Crippen LogP contribution in [0.1, 0.15) is 13.8 Å². The third-order valence-corrected chi connectivity index (χ3v) is 21.0. The molecular formula is C56H56Br2O2P2S8W3-16. The fourth-order valence-electron chi connectivity index (χ4n) is 7.09. The molecule has 0 aliphatic carbocycles. The van der Waals surface area contributed by atoms with Crippen LogP contribution in [0, 0.1) is 11.8 Å². The van der Waals surface area contributed by atoms with Crippen molar-refractivity contribution in [3.63, 3.8) is 0 Å². The zero-order chi connectivity index (χ0) is 43.9. The van der Waals surface area contributed by atoms with Crippen molar-refractivity contribution in [1.82, 2.24) is 0 Å². The molecular weight excluding hydrogens is 1730 g/mol. The van der Waals surface area contributed by atoms with Gasteiger partial charge in [0.25, 0.3) is 0 Å². The summed E-state index contributed by atoms with van der Waals surface area (Å²) < 4.78 is 0. The number of hydrogen-bond donors (Lipinski definition) is 0. The van der Waals surface area contributed by atoms with E-state index >= 15 is 0 Å². The molecule has 2 atom stereocenters. The average molecular weight is 1790 g/mol. The fraction of sp³-hybridized carbons (Fsp3) is 0.143. The summed E-state index contributed by atoms with van der Waals surface area (Å²) in [5.41, 5.74) is 0. The van der Waals surface area contributed by atoms with Crippen LogP contribution < -0.4 is 52.6 Å². The number of benzene rings is 8. The second-order valence-electron chi connectivity index (χ2n) is 14.9. The van der Waals surface area contributed by atoms with E-state index in [1.807, 2.05) is 13.8 Å². The molecule has 0 bridgehead atoms. The van der Waals surface area contributed by atoms with Crippen molar-refractivity contribution in [2.75, 3.05) is 23.9 Å². The van der Waals surface area contributed by atoms with Gasteiger partial charge in [-0.25, -0.2) is 0 Å². The quantitative estimate of drug-likeness (QED) is 0.0906. The summed E-state index contributed by atoms with van der Waals surface area (Å²) in [4.78, 5) is 0. The van der Waals surface area contributed by atoms with E-state index in [9.17, 15) is 10.2 Å². The Hall–Kier alpha value is 0.365. The smallest absolute Gasteiger partial charge is 0.144 e. The second kappa shape index (κ2) is 49.4. The first kappa shape index (κ1) is 87.2. The Morgan fingerprint density at radius 3 is 0.452 bits per heavy atom. The number of hydrogen-bond acceptors (Lipinski definition) is 2. The van der Waals surface area contributed by atoms with Gasteiger partial charge >= 0.3 is 0 Å². The molecule has 8 aromatic rings. The Morgan fingerprint density at radius 2 is 0.384 bits per heavy atom. The van der Waals surface area contributed by atoms with Crippen molar-refractivity contribution in [3.05, 3.63) is 243 Å². The maximum absolute atomic E-state index is 9.83. The van der Waals surface area contributed by atoms with Crippen LogP contribution in [0.3, 0.4) is 0 Å². The van der Waals surface area contributed by atoms with Gasteiger partial charge in [-0.2, -0.15) is 0 Å². The van der Waals surface area contributed by atoms with Crippen molar-refractivity contribution < 1.29 is 73.4 Å². The molecule has 0 N–H and O–H groups in total. The van der Waals surface area contributed by atoms with Crippen molar-refractivity contribution in [2.24, 2.45) is 11.8 Å². The second-order valence-corrected chi connectivity index (χ2v) is 23.0. The van der Waals surface area contributed by atoms with Crippen LogP contribution in [0.25, 0.3) is 0 Å². The minimum absolute atomic E-state index is 0. The molecule has 0 saturated heterocycles. The largest absolute Gasteiger partial charge is 2.00 e. The van der Waals surface area contributed by atoms with Crippen molar-refractivity contribution in [3.8, 4) is 0 Å². The van der Waals surface area contributed by atoms with Gasteiger partial charge in [0.1, 0.15) is 57.0 Å². The van der Waals surface area contributed by atoms with Crippen LogP contribution in [-0.2, 0) is 171 Å². The predicted molar refractivity (Wildman–Crippen MR) is 337 cm³/mol. The SMILES string of the molecule is C[C@@H](C[O-])CBr.C[C@@H](C[O-])CBr.[S-2].[S-2].[S-2].[S-2].[S-2].[S-2].[S-2].[S-2].[W].[W].[W].c1ccc([P+](c2ccccc2)(c2ccccc2)c2ccccc2)cc1.c1ccc([P+](c2ccccc2)(c2ccccc2)c2ccccc2)cc1. The van der Waals surface area contributed by atoms with Gasteiger partial charge < -0.3 is 118 Å². The Kier molecular flexibility index (Phi) is 59.0. The molecule has 0 radical (unpaired) electrons. The van der Waals surface area contributed by atoms with Crippen LogP contribution in [0.5, 0.6) is 0 Å². The van der Waals surface area contributed by atoms with Crippen LogP contribution in [-0.4, -0.2) is 23.9 Å². The zero-order valence-electron chi connectivity index (χ0n) is 40.0. The maximum atomic E-state index is 9.83. The van der Waals surface area contributed by atoms with Crippen LogP contribution in [0.4, 0.5) is 0 Å². The van der Waals surface area contributed by atoms with Gasteiger partial charge in [-0.15, -0.1) is 13.2 Å². The van der Waals surface area contributed by atoms with Crippen LogP contribution in [0.2, 0.25) is 0 Å². The third kappa shape index (κ3) is 24.7. The molecule has 2 nitrogen and oxygen atoms in total. The minimum atomic E-state index is -1.91. The minimum Gasteiger partial charge on any atom is -2.00 e. The molecule has 0 unspecified atom stereocenters. The van der Waals surface area contributed by atoms with E-state index in [0.717, 1.165) is 10.7 Å². The fourth-order valence-corrected chi connectivity index (χ4v) is 16.0. The van der Waals surface area contributed by atoms with E-state index in [1.54, 1.807) is 0 Å². The molecule has 0 fully saturated rings. The van der Waals surface area contributed by atoms with E-state index in [2.05, 4.69) is 275 Å². The molecule has 8 rings (SSSR count). The molecule has 17 heteroatoms. The average Bonchev–Trinajstić information content (AvgIpc) is 3.37. The first-order valence-corrected chi connectivity index (χ1v) is 26.8. The summed E-state index contributed by atoms with van der Waals surface area (Å²) in [7, 11) is -3.81. The summed E-state index contributed by atoms with van der Waals surface area (Å²) in [5.74, 6) is 0.593. The van der Waals surface area contributed by atoms with Crippen LogP contribution >= 0.6 is 46.4 Å². The Morgan fingerprint density at radius 1 is 0.274 bits per heavy atom. The van der Waals surface area contributed by atoms with Gasteiger partial charge in [0.15, 0.2) is 0 Å². The van der Waals surface area contributed by atoms with E-state index < -0.39 is 14.5 Å². The van der Waals surface area contributed by atoms with Crippen molar-refractivity contribution >= 4 is 197 Å². The van der Waals surface area contributed by atoms with Gasteiger partial charge in [0, 0.05) is 73.9 Å². The van der Waals surface area contributed by atoms with E-state index in [0.29, 0.717) is 11.8 Å². The van der Waals surface area contributed by atoms with E-state index in [4.69, 9.17) is 0 Å². The molecule has 0 spiro atoms. The zero-order valence-corrected chi connectivity index (χ0v) is 60.3. The molecule has 73 heavy (non-hydrogen) atoms. The standard InChI is InChI=1S/2C24H20P.2C4H8BrO.8S.3W/c2*1-5-13-21(14-6-1)25(22-15-7-2-8-16-22,23-17-9-3-10-18-23)24-19-11-4-12-20-24;2*1-4(2-5)3-6;;;;;;;;;;;/h2*1-20H;2*4H,2-3H2,1H3;;;;;;;;;;;/q2*+1;2*-1;8*-2;;;/t;;2*4-;;;;;;;;;;;/m..11.........../s1. The van der Waals surface area contributed by atoms with Gasteiger partial charge in [0.05, 0.1) is 0 Å². The molecule has 398 valence electrons. The van der Waals surface area contributed by atoms with E-state index in [1.165, 1.54) is 42.4 Å². The number of halogens is 2. The monoisotopic (exact) mass is 1790 g/mol. The third-order valence-electron chi connectivity index (χ3n) is 10.2.